The van der Waals surface area contributed by atoms with Gasteiger partial charge in [0.1, 0.15) is 10.5 Å². The molecule has 0 unspecified atom stereocenters. The molecule has 2 atom stereocenters. The van der Waals surface area contributed by atoms with Gasteiger partial charge in [0, 0.05) is 35.4 Å². The SMILES string of the molecule is Cc1ccc(-c2csc(CNC(=O)[C@H]3CCCN(C(=O)c4nc5cc(C#N)ccc5o4)[C@H]3C)n2)cn1. The van der Waals surface area contributed by atoms with Crippen LogP contribution in [0.25, 0.3) is 22.4 Å². The minimum absolute atomic E-state index is 0.0334. The summed E-state index contributed by atoms with van der Waals surface area (Å²) in [5, 5.41) is 14.8. The molecule has 9 nitrogen and oxygen atoms in total. The molecule has 2 amide bonds. The molecule has 36 heavy (non-hydrogen) atoms. The molecule has 0 radical (unpaired) electrons. The lowest BCUT2D eigenvalue weighted by Gasteiger charge is -2.37. The number of hydrogen-bond acceptors (Lipinski definition) is 8. The van der Waals surface area contributed by atoms with E-state index in [1.165, 1.54) is 11.3 Å². The van der Waals surface area contributed by atoms with Crippen molar-refractivity contribution in [2.75, 3.05) is 6.54 Å². The van der Waals surface area contributed by atoms with Gasteiger partial charge in [-0.15, -0.1) is 11.3 Å². The van der Waals surface area contributed by atoms with Crippen LogP contribution in [0.15, 0.2) is 46.3 Å². The molecule has 0 aliphatic carbocycles. The van der Waals surface area contributed by atoms with Crippen molar-refractivity contribution in [2.45, 2.75) is 39.3 Å². The standard InChI is InChI=1S/C26H24N6O3S/c1-15-5-7-18(12-28-15)21-14-36-23(30-21)13-29-24(33)19-4-3-9-32(16(19)2)26(34)25-31-20-10-17(11-27)6-8-22(20)35-25/h5-8,10,12,14,16,19H,3-4,9,13H2,1-2H3,(H,29,33)/t16-,19-/m0/s1. The van der Waals surface area contributed by atoms with Crippen LogP contribution >= 0.6 is 11.3 Å². The summed E-state index contributed by atoms with van der Waals surface area (Å²) in [4.78, 5) is 41.1. The fourth-order valence-electron chi connectivity index (χ4n) is 4.43. The molecule has 0 bridgehead atoms. The van der Waals surface area contributed by atoms with E-state index in [2.05, 4.69) is 26.3 Å². The number of benzene rings is 1. The number of aryl methyl sites for hydroxylation is 1. The summed E-state index contributed by atoms with van der Waals surface area (Å²) in [6.07, 6.45) is 3.18. The summed E-state index contributed by atoms with van der Waals surface area (Å²) in [7, 11) is 0. The van der Waals surface area contributed by atoms with E-state index < -0.39 is 0 Å². The number of nitrogens with one attached hydrogen (secondary N) is 1. The molecule has 1 fully saturated rings. The van der Waals surface area contributed by atoms with Gasteiger partial charge in [-0.05, 0) is 57.0 Å². The molecule has 5 rings (SSSR count). The van der Waals surface area contributed by atoms with E-state index in [1.54, 1.807) is 29.3 Å². The Labute approximate surface area is 211 Å². The van der Waals surface area contributed by atoms with Gasteiger partial charge in [-0.25, -0.2) is 9.97 Å². The number of nitrogens with zero attached hydrogens (tertiary/aromatic N) is 5. The van der Waals surface area contributed by atoms with Crippen LogP contribution in [-0.4, -0.2) is 44.3 Å². The Hall–Kier alpha value is -4.10. The lowest BCUT2D eigenvalue weighted by atomic mass is 9.89. The monoisotopic (exact) mass is 500 g/mol. The fraction of sp³-hybridized carbons (Fsp3) is 0.308. The van der Waals surface area contributed by atoms with Crippen molar-refractivity contribution in [3.8, 4) is 17.3 Å². The number of oxazole rings is 1. The first kappa shape index (κ1) is 23.6. The summed E-state index contributed by atoms with van der Waals surface area (Å²) in [5.41, 5.74) is 4.06. The number of nitriles is 1. The number of likely N-dealkylation sites (tertiary alicyclic amines) is 1. The Kier molecular flexibility index (Phi) is 6.48. The summed E-state index contributed by atoms with van der Waals surface area (Å²) in [5.74, 6) is -0.845. The molecular formula is C26H24N6O3S. The van der Waals surface area contributed by atoms with Crippen molar-refractivity contribution < 1.29 is 14.0 Å². The van der Waals surface area contributed by atoms with Gasteiger partial charge in [0.05, 0.1) is 29.8 Å². The smallest absolute Gasteiger partial charge is 0.310 e. The first-order chi connectivity index (χ1) is 17.4. The number of fused-ring (bicyclic) bond motifs is 1. The zero-order valence-electron chi connectivity index (χ0n) is 19.9. The maximum atomic E-state index is 13.2. The van der Waals surface area contributed by atoms with Gasteiger partial charge in [0.2, 0.25) is 5.91 Å². The van der Waals surface area contributed by atoms with Crippen LogP contribution in [0.1, 0.15) is 46.7 Å². The molecule has 10 heteroatoms. The van der Waals surface area contributed by atoms with Crippen molar-refractivity contribution in [3.05, 3.63) is 64.1 Å². The second-order valence-electron chi connectivity index (χ2n) is 8.83. The molecule has 182 valence electrons. The molecule has 1 aliphatic heterocycles. The first-order valence-corrected chi connectivity index (χ1v) is 12.6. The lowest BCUT2D eigenvalue weighted by Crippen LogP contribution is -2.51. The fourth-order valence-corrected chi connectivity index (χ4v) is 5.17. The van der Waals surface area contributed by atoms with Gasteiger partial charge in [-0.1, -0.05) is 0 Å². The zero-order chi connectivity index (χ0) is 25.2. The molecule has 0 saturated carbocycles. The number of amides is 2. The highest BCUT2D eigenvalue weighted by Crippen LogP contribution is 2.27. The average Bonchev–Trinajstić information content (AvgIpc) is 3.54. The van der Waals surface area contributed by atoms with E-state index in [0.717, 1.165) is 22.0 Å². The second-order valence-corrected chi connectivity index (χ2v) is 9.78. The third kappa shape index (κ3) is 4.70. The number of hydrogen-bond donors (Lipinski definition) is 1. The van der Waals surface area contributed by atoms with E-state index in [4.69, 9.17) is 9.68 Å². The maximum Gasteiger partial charge on any atom is 0.310 e. The van der Waals surface area contributed by atoms with Gasteiger partial charge < -0.3 is 14.6 Å². The van der Waals surface area contributed by atoms with Crippen LogP contribution in [-0.2, 0) is 11.3 Å². The summed E-state index contributed by atoms with van der Waals surface area (Å²) in [6, 6.07) is 10.5. The minimum atomic E-state index is -0.356. The number of thiazole rings is 1. The largest absolute Gasteiger partial charge is 0.432 e. The van der Waals surface area contributed by atoms with Crippen LogP contribution in [0.2, 0.25) is 0 Å². The highest BCUT2D eigenvalue weighted by Gasteiger charge is 2.37. The van der Waals surface area contributed by atoms with E-state index >= 15 is 0 Å². The van der Waals surface area contributed by atoms with Crippen molar-refractivity contribution in [1.29, 1.82) is 5.26 Å². The Morgan fingerprint density at radius 3 is 2.92 bits per heavy atom. The third-order valence-corrected chi connectivity index (χ3v) is 7.31. The number of pyridine rings is 1. The Morgan fingerprint density at radius 1 is 1.28 bits per heavy atom. The quantitative estimate of drug-likeness (QED) is 0.438. The number of carbonyl (C=O) groups excluding carboxylic acids is 2. The van der Waals surface area contributed by atoms with Crippen molar-refractivity contribution in [2.24, 2.45) is 5.92 Å². The highest BCUT2D eigenvalue weighted by molar-refractivity contribution is 7.09. The Balaban J connectivity index is 1.23. The second kappa shape index (κ2) is 9.87. The Bertz CT molecular complexity index is 1470. The molecule has 0 spiro atoms. The van der Waals surface area contributed by atoms with E-state index in [1.807, 2.05) is 31.4 Å². The lowest BCUT2D eigenvalue weighted by molar-refractivity contribution is -0.128. The van der Waals surface area contributed by atoms with Crippen LogP contribution in [0.3, 0.4) is 0 Å². The number of piperidine rings is 1. The molecule has 1 N–H and O–H groups in total. The summed E-state index contributed by atoms with van der Waals surface area (Å²) >= 11 is 1.49. The van der Waals surface area contributed by atoms with Crippen molar-refractivity contribution >= 4 is 34.3 Å². The van der Waals surface area contributed by atoms with Crippen LogP contribution < -0.4 is 5.32 Å². The molecule has 1 aromatic carbocycles. The van der Waals surface area contributed by atoms with Crippen LogP contribution in [0.4, 0.5) is 0 Å². The average molecular weight is 501 g/mol. The Morgan fingerprint density at radius 2 is 2.14 bits per heavy atom. The molecule has 1 aliphatic rings. The number of rotatable bonds is 5. The third-order valence-electron chi connectivity index (χ3n) is 6.46. The first-order valence-electron chi connectivity index (χ1n) is 11.7. The number of carbonyl (C=O) groups is 2. The maximum absolute atomic E-state index is 13.2. The predicted molar refractivity (Wildman–Crippen MR) is 134 cm³/mol. The summed E-state index contributed by atoms with van der Waals surface area (Å²) < 4.78 is 5.65. The zero-order valence-corrected chi connectivity index (χ0v) is 20.7. The van der Waals surface area contributed by atoms with Crippen LogP contribution in [0, 0.1) is 24.2 Å². The van der Waals surface area contributed by atoms with Gasteiger partial charge in [-0.2, -0.15) is 5.26 Å². The van der Waals surface area contributed by atoms with E-state index in [-0.39, 0.29) is 29.7 Å². The van der Waals surface area contributed by atoms with Crippen LogP contribution in [0.5, 0.6) is 0 Å². The van der Waals surface area contributed by atoms with Gasteiger partial charge in [-0.3, -0.25) is 14.6 Å². The molecule has 4 aromatic rings. The van der Waals surface area contributed by atoms with Gasteiger partial charge in [0.15, 0.2) is 5.58 Å². The highest BCUT2D eigenvalue weighted by atomic mass is 32.1. The van der Waals surface area contributed by atoms with Crippen molar-refractivity contribution in [3.63, 3.8) is 0 Å². The summed E-state index contributed by atoms with van der Waals surface area (Å²) in [6.45, 7) is 4.66. The molecule has 1 saturated heterocycles. The van der Waals surface area contributed by atoms with E-state index in [0.29, 0.717) is 42.6 Å². The van der Waals surface area contributed by atoms with Gasteiger partial charge in [0.25, 0.3) is 5.89 Å². The number of aromatic nitrogens is 3. The minimum Gasteiger partial charge on any atom is -0.432 e. The topological polar surface area (TPSA) is 125 Å². The predicted octanol–water partition coefficient (Wildman–Crippen LogP) is 4.08. The normalized spacial score (nSPS) is 17.6. The molecular weight excluding hydrogens is 476 g/mol. The molecule has 3 aromatic heterocycles. The van der Waals surface area contributed by atoms with E-state index in [9.17, 15) is 9.59 Å². The van der Waals surface area contributed by atoms with Crippen molar-refractivity contribution in [1.82, 2.24) is 25.2 Å². The molecule has 4 heterocycles. The van der Waals surface area contributed by atoms with Gasteiger partial charge >= 0.3 is 5.91 Å².